The molecule has 8 nitrogen and oxygen atoms in total. The summed E-state index contributed by atoms with van der Waals surface area (Å²) in [6.07, 6.45) is 3.46. The van der Waals surface area contributed by atoms with Crippen molar-refractivity contribution in [3.05, 3.63) is 60.4 Å². The van der Waals surface area contributed by atoms with Crippen LogP contribution >= 0.6 is 0 Å². The molecule has 0 aromatic carbocycles. The van der Waals surface area contributed by atoms with E-state index in [2.05, 4.69) is 35.6 Å². The van der Waals surface area contributed by atoms with Gasteiger partial charge in [-0.25, -0.2) is 33.1 Å². The zero-order valence-electron chi connectivity index (χ0n) is 17.8. The summed E-state index contributed by atoms with van der Waals surface area (Å²) in [7, 11) is 0. The largest absolute Gasteiger partial charge is 0.347 e. The number of aromatic nitrogens is 5. The Morgan fingerprint density at radius 2 is 1.76 bits per heavy atom. The Hall–Kier alpha value is -3.63. The number of pyridine rings is 1. The number of hydrogen-bond donors (Lipinski definition) is 2. The highest BCUT2D eigenvalue weighted by Crippen LogP contribution is 2.33. The average molecular weight is 457 g/mol. The van der Waals surface area contributed by atoms with Crippen LogP contribution in [0.2, 0.25) is 0 Å². The van der Waals surface area contributed by atoms with E-state index in [0.29, 0.717) is 24.2 Å². The SMILES string of the molecule is CC1(Nc2ncc(C(F)C(F)F)cn2)CCCC1NC(=O)c1ncccc1-c1ncccn1. The van der Waals surface area contributed by atoms with Crippen LogP contribution in [-0.4, -0.2) is 48.8 Å². The fourth-order valence-corrected chi connectivity index (χ4v) is 3.92. The van der Waals surface area contributed by atoms with E-state index in [1.54, 1.807) is 30.6 Å². The Bertz CT molecular complexity index is 1100. The van der Waals surface area contributed by atoms with Crippen molar-refractivity contribution in [1.82, 2.24) is 30.2 Å². The van der Waals surface area contributed by atoms with Gasteiger partial charge in [0.25, 0.3) is 12.3 Å². The lowest BCUT2D eigenvalue weighted by Crippen LogP contribution is -2.52. The molecule has 0 saturated heterocycles. The Morgan fingerprint density at radius 3 is 2.45 bits per heavy atom. The summed E-state index contributed by atoms with van der Waals surface area (Å²) in [6, 6.07) is 4.84. The van der Waals surface area contributed by atoms with Crippen LogP contribution in [0.25, 0.3) is 11.4 Å². The molecule has 1 aliphatic carbocycles. The summed E-state index contributed by atoms with van der Waals surface area (Å²) in [5.74, 6) is 0.193. The summed E-state index contributed by atoms with van der Waals surface area (Å²) in [5.41, 5.74) is -0.169. The van der Waals surface area contributed by atoms with Crippen molar-refractivity contribution >= 4 is 11.9 Å². The Balaban J connectivity index is 1.49. The second kappa shape index (κ2) is 9.47. The second-order valence-electron chi connectivity index (χ2n) is 8.01. The van der Waals surface area contributed by atoms with E-state index < -0.39 is 18.1 Å². The average Bonchev–Trinajstić information content (AvgIpc) is 3.18. The molecule has 0 aliphatic heterocycles. The molecule has 1 aliphatic rings. The third-order valence-electron chi connectivity index (χ3n) is 5.70. The van der Waals surface area contributed by atoms with Crippen LogP contribution in [0.3, 0.4) is 0 Å². The van der Waals surface area contributed by atoms with Crippen LogP contribution in [-0.2, 0) is 0 Å². The van der Waals surface area contributed by atoms with E-state index in [9.17, 15) is 18.0 Å². The van der Waals surface area contributed by atoms with Crippen LogP contribution in [0, 0.1) is 0 Å². The molecule has 4 rings (SSSR count). The summed E-state index contributed by atoms with van der Waals surface area (Å²) < 4.78 is 38.6. The van der Waals surface area contributed by atoms with E-state index in [4.69, 9.17) is 0 Å². The molecule has 2 N–H and O–H groups in total. The first-order valence-electron chi connectivity index (χ1n) is 10.4. The maximum absolute atomic E-state index is 13.5. The third-order valence-corrected chi connectivity index (χ3v) is 5.70. The highest BCUT2D eigenvalue weighted by Gasteiger charge is 2.41. The minimum atomic E-state index is -3.14. The highest BCUT2D eigenvalue weighted by molar-refractivity contribution is 5.98. The molecule has 172 valence electrons. The molecule has 1 fully saturated rings. The zero-order valence-corrected chi connectivity index (χ0v) is 17.8. The topological polar surface area (TPSA) is 106 Å². The van der Waals surface area contributed by atoms with Crippen LogP contribution < -0.4 is 10.6 Å². The number of anilines is 1. The minimum Gasteiger partial charge on any atom is -0.347 e. The standard InChI is InChI=1S/C22H22F3N7O/c1-22(32-21-29-11-13(12-30-21)16(23)18(24)25)7-2-6-15(22)31-20(33)17-14(5-3-8-26-17)19-27-9-4-10-28-19/h3-5,8-12,15-16,18H,2,6-7H2,1H3,(H,31,33)(H,29,30,32). The fourth-order valence-electron chi connectivity index (χ4n) is 3.92. The molecular formula is C22H22F3N7O. The Kier molecular flexibility index (Phi) is 6.47. The van der Waals surface area contributed by atoms with Crippen molar-refractivity contribution in [3.8, 4) is 11.4 Å². The van der Waals surface area contributed by atoms with Crippen molar-refractivity contribution in [2.75, 3.05) is 5.32 Å². The van der Waals surface area contributed by atoms with Crippen molar-refractivity contribution in [2.45, 2.75) is 50.4 Å². The quantitative estimate of drug-likeness (QED) is 0.557. The molecule has 3 heterocycles. The number of carbonyl (C=O) groups is 1. The zero-order chi connectivity index (χ0) is 23.4. The van der Waals surface area contributed by atoms with E-state index in [1.165, 1.54) is 6.20 Å². The molecule has 1 saturated carbocycles. The van der Waals surface area contributed by atoms with Crippen molar-refractivity contribution < 1.29 is 18.0 Å². The molecule has 33 heavy (non-hydrogen) atoms. The molecule has 3 atom stereocenters. The lowest BCUT2D eigenvalue weighted by Gasteiger charge is -2.33. The lowest BCUT2D eigenvalue weighted by atomic mass is 9.95. The van der Waals surface area contributed by atoms with Gasteiger partial charge in [0, 0.05) is 36.5 Å². The maximum Gasteiger partial charge on any atom is 0.273 e. The number of nitrogens with zero attached hydrogens (tertiary/aromatic N) is 5. The van der Waals surface area contributed by atoms with Crippen LogP contribution in [0.15, 0.2) is 49.2 Å². The molecule has 3 aromatic rings. The van der Waals surface area contributed by atoms with Gasteiger partial charge in [-0.2, -0.15) is 0 Å². The van der Waals surface area contributed by atoms with Gasteiger partial charge in [-0.1, -0.05) is 0 Å². The highest BCUT2D eigenvalue weighted by atomic mass is 19.3. The molecule has 3 unspecified atom stereocenters. The third kappa shape index (κ3) is 4.91. The number of nitrogens with one attached hydrogen (secondary N) is 2. The molecule has 11 heteroatoms. The molecule has 0 bridgehead atoms. The monoisotopic (exact) mass is 457 g/mol. The lowest BCUT2D eigenvalue weighted by molar-refractivity contribution is 0.0492. The van der Waals surface area contributed by atoms with Crippen LogP contribution in [0.4, 0.5) is 19.1 Å². The molecule has 1 amide bonds. The maximum atomic E-state index is 13.5. The number of hydrogen-bond acceptors (Lipinski definition) is 7. The first-order valence-corrected chi connectivity index (χ1v) is 10.4. The van der Waals surface area contributed by atoms with Gasteiger partial charge in [-0.05, 0) is 44.4 Å². The van der Waals surface area contributed by atoms with Crippen LogP contribution in [0.1, 0.15) is 48.4 Å². The molecule has 3 aromatic heterocycles. The van der Waals surface area contributed by atoms with Gasteiger partial charge < -0.3 is 10.6 Å². The van der Waals surface area contributed by atoms with Gasteiger partial charge in [-0.15, -0.1) is 0 Å². The van der Waals surface area contributed by atoms with E-state index in [0.717, 1.165) is 18.8 Å². The molecule has 0 radical (unpaired) electrons. The van der Waals surface area contributed by atoms with Gasteiger partial charge in [0.1, 0.15) is 5.69 Å². The van der Waals surface area contributed by atoms with Crippen molar-refractivity contribution in [2.24, 2.45) is 0 Å². The summed E-state index contributed by atoms with van der Waals surface area (Å²) in [6.45, 7) is 1.92. The number of carbonyl (C=O) groups excluding carboxylic acids is 1. The van der Waals surface area contributed by atoms with Gasteiger partial charge in [0.15, 0.2) is 12.0 Å². The van der Waals surface area contributed by atoms with E-state index in [-0.39, 0.29) is 29.2 Å². The number of alkyl halides is 3. The van der Waals surface area contributed by atoms with Crippen molar-refractivity contribution in [1.29, 1.82) is 0 Å². The van der Waals surface area contributed by atoms with Crippen molar-refractivity contribution in [3.63, 3.8) is 0 Å². The van der Waals surface area contributed by atoms with Gasteiger partial charge in [0.2, 0.25) is 5.95 Å². The van der Waals surface area contributed by atoms with Gasteiger partial charge in [0.05, 0.1) is 17.1 Å². The number of halogens is 3. The normalized spacial score (nSPS) is 21.1. The molecular weight excluding hydrogens is 435 g/mol. The number of amides is 1. The summed E-state index contributed by atoms with van der Waals surface area (Å²) in [5, 5.41) is 6.20. The fraction of sp³-hybridized carbons (Fsp3) is 0.364. The van der Waals surface area contributed by atoms with E-state index in [1.807, 2.05) is 6.92 Å². The van der Waals surface area contributed by atoms with E-state index >= 15 is 0 Å². The summed E-state index contributed by atoms with van der Waals surface area (Å²) >= 11 is 0. The van der Waals surface area contributed by atoms with Crippen LogP contribution in [0.5, 0.6) is 0 Å². The second-order valence-corrected chi connectivity index (χ2v) is 8.01. The smallest absolute Gasteiger partial charge is 0.273 e. The van der Waals surface area contributed by atoms with Gasteiger partial charge in [-0.3, -0.25) is 9.78 Å². The predicted molar refractivity (Wildman–Crippen MR) is 114 cm³/mol. The first kappa shape index (κ1) is 22.6. The van der Waals surface area contributed by atoms with Gasteiger partial charge >= 0.3 is 0 Å². The molecule has 0 spiro atoms. The minimum absolute atomic E-state index is 0.167. The Morgan fingerprint density at radius 1 is 1.06 bits per heavy atom. The predicted octanol–water partition coefficient (Wildman–Crippen LogP) is 3.76. The first-order chi connectivity index (χ1) is 15.9. The summed E-state index contributed by atoms with van der Waals surface area (Å²) in [4.78, 5) is 33.7. The number of rotatable bonds is 7. The Labute approximate surface area is 188 Å².